The van der Waals surface area contributed by atoms with Crippen LogP contribution >= 0.6 is 11.6 Å². The minimum Gasteiger partial charge on any atom is -0.495 e. The zero-order chi connectivity index (χ0) is 34.0. The maximum absolute atomic E-state index is 13.9. The summed E-state index contributed by atoms with van der Waals surface area (Å²) in [5.74, 6) is -0.622. The Labute approximate surface area is 276 Å². The normalized spacial score (nSPS) is 33.7. The molecule has 1 N–H and O–H groups in total. The molecule has 3 heterocycles. The topological polar surface area (TPSA) is 125 Å². The molecule has 2 saturated heterocycles. The quantitative estimate of drug-likeness (QED) is 0.316. The number of amides is 2. The molecule has 1 aromatic carbocycles. The van der Waals surface area contributed by atoms with Crippen molar-refractivity contribution in [2.75, 3.05) is 33.3 Å². The summed E-state index contributed by atoms with van der Waals surface area (Å²) in [6, 6.07) is 3.69. The minimum absolute atomic E-state index is 0.0578. The number of methoxy groups -OCH3 is 3. The van der Waals surface area contributed by atoms with Gasteiger partial charge in [-0.2, -0.15) is 0 Å². The number of carbonyl (C=O) groups is 3. The van der Waals surface area contributed by atoms with Gasteiger partial charge in [0.15, 0.2) is 5.72 Å². The first-order valence-electron chi connectivity index (χ1n) is 15.6. The molecule has 0 aliphatic carbocycles. The first-order valence-corrected chi connectivity index (χ1v) is 16.0. The van der Waals surface area contributed by atoms with Gasteiger partial charge in [0.1, 0.15) is 34.7 Å². The molecular formula is C34H47ClN2O9. The lowest BCUT2D eigenvalue weighted by atomic mass is 9.83. The van der Waals surface area contributed by atoms with Crippen molar-refractivity contribution in [3.8, 4) is 5.75 Å². The molecule has 254 valence electrons. The van der Waals surface area contributed by atoms with Crippen LogP contribution in [0.25, 0.3) is 0 Å². The number of anilines is 1. The lowest BCUT2D eigenvalue weighted by Crippen LogP contribution is -2.64. The number of nitrogens with one attached hydrogen (secondary N) is 1. The summed E-state index contributed by atoms with van der Waals surface area (Å²) in [6.45, 7) is 9.54. The SMILES string of the molecule is COc1cc2cc(c1Cl)N(C)C(=O)C[C@H](OC(=O)CC(C)C)[C@]1(C)O[C@H]1[C@H](C)[C@@H]1C[C@@](OC)(NC(=O)O1)[C@H](OC)/C=C/C=C(\C)C2. The van der Waals surface area contributed by atoms with Gasteiger partial charge in [-0.3, -0.25) is 14.9 Å². The van der Waals surface area contributed by atoms with Gasteiger partial charge in [0.25, 0.3) is 0 Å². The Kier molecular flexibility index (Phi) is 11.1. The van der Waals surface area contributed by atoms with Gasteiger partial charge in [-0.05, 0) is 43.9 Å². The van der Waals surface area contributed by atoms with E-state index >= 15 is 0 Å². The molecule has 12 heteroatoms. The number of rotatable bonds is 6. The zero-order valence-corrected chi connectivity index (χ0v) is 28.9. The van der Waals surface area contributed by atoms with Crippen LogP contribution in [0.4, 0.5) is 10.5 Å². The van der Waals surface area contributed by atoms with Crippen molar-refractivity contribution in [1.82, 2.24) is 5.32 Å². The first kappa shape index (κ1) is 35.7. The lowest BCUT2D eigenvalue weighted by Gasteiger charge is -2.44. The van der Waals surface area contributed by atoms with Crippen molar-refractivity contribution in [3.63, 3.8) is 0 Å². The summed E-state index contributed by atoms with van der Waals surface area (Å²) in [5.41, 5.74) is 0.0942. The van der Waals surface area contributed by atoms with Crippen LogP contribution in [0, 0.1) is 11.8 Å². The average molecular weight is 663 g/mol. The van der Waals surface area contributed by atoms with Crippen molar-refractivity contribution < 1.29 is 42.8 Å². The smallest absolute Gasteiger partial charge is 0.409 e. The van der Waals surface area contributed by atoms with Crippen LogP contribution in [0.5, 0.6) is 5.75 Å². The summed E-state index contributed by atoms with van der Waals surface area (Å²) in [6.07, 6.45) is 3.09. The number of epoxide rings is 1. The lowest BCUT2D eigenvalue weighted by molar-refractivity contribution is -0.161. The number of hydrogen-bond acceptors (Lipinski definition) is 9. The Balaban J connectivity index is 1.81. The second kappa shape index (κ2) is 14.3. The van der Waals surface area contributed by atoms with Gasteiger partial charge in [0, 0.05) is 40.0 Å². The third-order valence-corrected chi connectivity index (χ3v) is 9.52. The number of esters is 1. The van der Waals surface area contributed by atoms with Crippen LogP contribution in [0.2, 0.25) is 5.02 Å². The Hall–Kier alpha value is -3.12. The number of fused-ring (bicyclic) bond motifs is 5. The fraction of sp³-hybridized carbons (Fsp3) is 0.618. The average Bonchev–Trinajstić information content (AvgIpc) is 3.70. The molecule has 0 saturated carbocycles. The number of benzene rings is 1. The van der Waals surface area contributed by atoms with E-state index in [9.17, 15) is 14.4 Å². The van der Waals surface area contributed by atoms with E-state index in [1.807, 2.05) is 65.0 Å². The first-order chi connectivity index (χ1) is 21.7. The molecule has 0 spiro atoms. The molecule has 0 radical (unpaired) electrons. The van der Waals surface area contributed by atoms with Crippen LogP contribution < -0.4 is 15.0 Å². The second-order valence-electron chi connectivity index (χ2n) is 13.0. The molecule has 3 aliphatic heterocycles. The van der Waals surface area contributed by atoms with E-state index in [1.54, 1.807) is 14.2 Å². The van der Waals surface area contributed by atoms with Crippen LogP contribution in [-0.4, -0.2) is 82.1 Å². The molecule has 7 atom stereocenters. The third kappa shape index (κ3) is 7.54. The minimum atomic E-state index is -1.23. The number of hydrogen-bond donors (Lipinski definition) is 1. The highest BCUT2D eigenvalue weighted by molar-refractivity contribution is 6.35. The van der Waals surface area contributed by atoms with E-state index in [-0.39, 0.29) is 42.0 Å². The fourth-order valence-electron chi connectivity index (χ4n) is 6.38. The fourth-order valence-corrected chi connectivity index (χ4v) is 6.69. The number of nitrogens with zero attached hydrogens (tertiary/aromatic N) is 1. The number of halogens is 1. The molecule has 2 amide bonds. The number of ether oxygens (including phenoxy) is 6. The molecule has 11 nitrogen and oxygen atoms in total. The van der Waals surface area contributed by atoms with Gasteiger partial charge in [-0.15, -0.1) is 0 Å². The van der Waals surface area contributed by atoms with E-state index in [4.69, 9.17) is 40.0 Å². The molecular weight excluding hydrogens is 616 g/mol. The molecule has 2 fully saturated rings. The molecule has 0 unspecified atom stereocenters. The predicted molar refractivity (Wildman–Crippen MR) is 173 cm³/mol. The van der Waals surface area contributed by atoms with Gasteiger partial charge in [0.2, 0.25) is 5.91 Å². The molecule has 1 aromatic rings. The third-order valence-electron chi connectivity index (χ3n) is 9.14. The number of carbonyl (C=O) groups excluding carboxylic acids is 3. The summed E-state index contributed by atoms with van der Waals surface area (Å²) in [5, 5.41) is 3.12. The molecule has 46 heavy (non-hydrogen) atoms. The Morgan fingerprint density at radius 3 is 2.57 bits per heavy atom. The van der Waals surface area contributed by atoms with Gasteiger partial charge in [0.05, 0.1) is 25.3 Å². The zero-order valence-electron chi connectivity index (χ0n) is 28.2. The highest BCUT2D eigenvalue weighted by atomic mass is 35.5. The van der Waals surface area contributed by atoms with Crippen molar-refractivity contribution in [3.05, 3.63) is 46.5 Å². The molecule has 4 rings (SSSR count). The van der Waals surface area contributed by atoms with E-state index in [0.29, 0.717) is 17.9 Å². The van der Waals surface area contributed by atoms with Crippen molar-refractivity contribution in [2.24, 2.45) is 11.8 Å². The van der Waals surface area contributed by atoms with Crippen LogP contribution in [0.3, 0.4) is 0 Å². The van der Waals surface area contributed by atoms with Gasteiger partial charge in [-0.1, -0.05) is 56.2 Å². The van der Waals surface area contributed by atoms with Crippen molar-refractivity contribution in [2.45, 2.75) is 96.0 Å². The second-order valence-corrected chi connectivity index (χ2v) is 13.4. The highest BCUT2D eigenvalue weighted by Crippen LogP contribution is 2.49. The maximum atomic E-state index is 13.9. The van der Waals surface area contributed by atoms with E-state index in [0.717, 1.165) is 11.1 Å². The predicted octanol–water partition coefficient (Wildman–Crippen LogP) is 5.37. The molecule has 4 bridgehead atoms. The summed E-state index contributed by atoms with van der Waals surface area (Å²) in [4.78, 5) is 41.3. The Morgan fingerprint density at radius 1 is 1.22 bits per heavy atom. The van der Waals surface area contributed by atoms with Gasteiger partial charge < -0.3 is 33.3 Å². The van der Waals surface area contributed by atoms with Crippen molar-refractivity contribution in [1.29, 1.82) is 0 Å². The Bertz CT molecular complexity index is 1380. The van der Waals surface area contributed by atoms with Crippen LogP contribution in [0.15, 0.2) is 35.9 Å². The summed E-state index contributed by atoms with van der Waals surface area (Å²) < 4.78 is 35.3. The molecule has 0 aromatic heterocycles. The number of alkyl carbamates (subject to hydrolysis) is 1. The largest absolute Gasteiger partial charge is 0.495 e. The molecule has 3 aliphatic rings. The monoisotopic (exact) mass is 662 g/mol. The van der Waals surface area contributed by atoms with E-state index in [2.05, 4.69) is 5.32 Å². The highest BCUT2D eigenvalue weighted by Gasteiger charge is 2.64. The maximum Gasteiger partial charge on any atom is 0.409 e. The standard InChI is InChI=1S/C34H47ClN2O9/c1-19(2)13-29(39)45-27-17-28(38)37(6)23-15-22(16-24(41-7)30(23)35)14-20(3)11-10-12-26(42-8)34(43-9)18-25(44-32(40)36-34)21(4)31-33(27,5)46-31/h10-12,15-16,19,21,25-27,31H,13-14,17-18H2,1-9H3,(H,36,40)/b12-10+,20-11+/t21-,25+,26-,27+,31+,33+,34+/m1/s1. The Morgan fingerprint density at radius 2 is 1.93 bits per heavy atom. The van der Waals surface area contributed by atoms with Gasteiger partial charge >= 0.3 is 12.1 Å². The van der Waals surface area contributed by atoms with Gasteiger partial charge in [-0.25, -0.2) is 4.79 Å². The summed E-state index contributed by atoms with van der Waals surface area (Å²) >= 11 is 6.72. The van der Waals surface area contributed by atoms with Crippen LogP contribution in [0.1, 0.15) is 59.4 Å². The summed E-state index contributed by atoms with van der Waals surface area (Å²) in [7, 11) is 6.22. The number of allylic oxidation sites excluding steroid dienone is 3. The van der Waals surface area contributed by atoms with E-state index in [1.165, 1.54) is 19.1 Å². The van der Waals surface area contributed by atoms with Crippen LogP contribution in [-0.2, 0) is 39.7 Å². The van der Waals surface area contributed by atoms with Crippen molar-refractivity contribution >= 4 is 35.3 Å². The van der Waals surface area contributed by atoms with E-state index < -0.39 is 47.8 Å².